The molecule has 0 spiro atoms. The van der Waals surface area contributed by atoms with Gasteiger partial charge in [-0.1, -0.05) is 19.3 Å². The fraction of sp³-hybridized carbons (Fsp3) is 1.00. The van der Waals surface area contributed by atoms with Crippen LogP contribution >= 0.6 is 0 Å². The summed E-state index contributed by atoms with van der Waals surface area (Å²) in [7, 11) is 0. The molecule has 0 atom stereocenters. The van der Waals surface area contributed by atoms with Crippen LogP contribution in [0.1, 0.15) is 64.2 Å². The average Bonchev–Trinajstić information content (AvgIpc) is 2.55. The van der Waals surface area contributed by atoms with Crippen molar-refractivity contribution in [2.24, 2.45) is 23.5 Å². The molecule has 0 amide bonds. The van der Waals surface area contributed by atoms with Crippen molar-refractivity contribution in [2.45, 2.75) is 64.2 Å². The van der Waals surface area contributed by atoms with Crippen molar-refractivity contribution in [3.63, 3.8) is 0 Å². The summed E-state index contributed by atoms with van der Waals surface area (Å²) < 4.78 is 0. The van der Waals surface area contributed by atoms with Gasteiger partial charge in [0.25, 0.3) is 0 Å². The van der Waals surface area contributed by atoms with E-state index >= 15 is 0 Å². The highest BCUT2D eigenvalue weighted by Crippen LogP contribution is 2.27. The smallest absolute Gasteiger partial charge is 0.00205 e. The monoisotopic (exact) mass is 295 g/mol. The van der Waals surface area contributed by atoms with Crippen LogP contribution in [0.25, 0.3) is 0 Å². The summed E-state index contributed by atoms with van der Waals surface area (Å²) in [6, 6.07) is 0. The summed E-state index contributed by atoms with van der Waals surface area (Å²) >= 11 is 0. The Kier molecular flexibility index (Phi) is 8.68. The Labute approximate surface area is 131 Å². The van der Waals surface area contributed by atoms with Crippen molar-refractivity contribution in [3.8, 4) is 0 Å². The molecule has 3 nitrogen and oxygen atoms in total. The van der Waals surface area contributed by atoms with E-state index in [0.717, 1.165) is 24.3 Å². The van der Waals surface area contributed by atoms with E-state index in [9.17, 15) is 0 Å². The van der Waals surface area contributed by atoms with Crippen LogP contribution in [-0.2, 0) is 0 Å². The van der Waals surface area contributed by atoms with Crippen LogP contribution in [0, 0.1) is 17.8 Å². The van der Waals surface area contributed by atoms with E-state index in [1.54, 1.807) is 0 Å². The van der Waals surface area contributed by atoms with Crippen molar-refractivity contribution < 1.29 is 0 Å². The molecule has 0 aromatic carbocycles. The van der Waals surface area contributed by atoms with E-state index in [4.69, 9.17) is 5.73 Å². The molecule has 2 aliphatic rings. The van der Waals surface area contributed by atoms with Gasteiger partial charge in [-0.25, -0.2) is 0 Å². The van der Waals surface area contributed by atoms with Gasteiger partial charge >= 0.3 is 0 Å². The predicted octanol–water partition coefficient (Wildman–Crippen LogP) is 2.90. The molecule has 21 heavy (non-hydrogen) atoms. The van der Waals surface area contributed by atoms with Gasteiger partial charge < -0.3 is 16.4 Å². The van der Waals surface area contributed by atoms with E-state index in [1.807, 2.05) is 0 Å². The molecule has 0 aromatic rings. The summed E-state index contributed by atoms with van der Waals surface area (Å²) in [5, 5.41) is 7.31. The second-order valence-corrected chi connectivity index (χ2v) is 7.39. The fourth-order valence-corrected chi connectivity index (χ4v) is 4.01. The van der Waals surface area contributed by atoms with E-state index in [1.165, 1.54) is 90.4 Å². The second kappa shape index (κ2) is 10.6. The molecule has 0 unspecified atom stereocenters. The first kappa shape index (κ1) is 17.2. The molecule has 2 fully saturated rings. The molecule has 2 rings (SSSR count). The average molecular weight is 296 g/mol. The molecule has 3 heteroatoms. The maximum atomic E-state index is 5.75. The lowest BCUT2D eigenvalue weighted by Gasteiger charge is -2.27. The third kappa shape index (κ3) is 7.12. The van der Waals surface area contributed by atoms with Crippen LogP contribution in [0.2, 0.25) is 0 Å². The number of hydrogen-bond acceptors (Lipinski definition) is 3. The van der Waals surface area contributed by atoms with Crippen LogP contribution in [-0.4, -0.2) is 32.7 Å². The summed E-state index contributed by atoms with van der Waals surface area (Å²) in [6.45, 7) is 5.73. The zero-order valence-electron chi connectivity index (χ0n) is 13.9. The molecule has 124 valence electrons. The summed E-state index contributed by atoms with van der Waals surface area (Å²) in [5.74, 6) is 2.68. The molecule has 0 bridgehead atoms. The standard InChI is InChI=1S/C18H37N3/c19-13-16-7-9-18(10-8-16)15-21-12-4-11-20-14-17-5-2-1-3-6-17/h16-18,20-21H,1-15,19H2. The van der Waals surface area contributed by atoms with Crippen molar-refractivity contribution in [1.82, 2.24) is 10.6 Å². The Hall–Kier alpha value is -0.120. The lowest BCUT2D eigenvalue weighted by atomic mass is 9.82. The highest BCUT2D eigenvalue weighted by molar-refractivity contribution is 4.74. The first-order chi connectivity index (χ1) is 10.4. The Bertz CT molecular complexity index is 243. The van der Waals surface area contributed by atoms with Crippen LogP contribution in [0.15, 0.2) is 0 Å². The van der Waals surface area contributed by atoms with Crippen molar-refractivity contribution >= 4 is 0 Å². The third-order valence-electron chi connectivity index (χ3n) is 5.60. The normalized spacial score (nSPS) is 27.9. The largest absolute Gasteiger partial charge is 0.330 e. The van der Waals surface area contributed by atoms with Gasteiger partial charge in [-0.05, 0) is 95.4 Å². The van der Waals surface area contributed by atoms with Gasteiger partial charge in [0.15, 0.2) is 0 Å². The molecule has 2 saturated carbocycles. The van der Waals surface area contributed by atoms with E-state index in [-0.39, 0.29) is 0 Å². The number of hydrogen-bond donors (Lipinski definition) is 3. The highest BCUT2D eigenvalue weighted by Gasteiger charge is 2.19. The third-order valence-corrected chi connectivity index (χ3v) is 5.60. The minimum Gasteiger partial charge on any atom is -0.330 e. The first-order valence-electron chi connectivity index (χ1n) is 9.50. The first-order valence-corrected chi connectivity index (χ1v) is 9.50. The lowest BCUT2D eigenvalue weighted by molar-refractivity contribution is 0.272. The topological polar surface area (TPSA) is 50.1 Å². The highest BCUT2D eigenvalue weighted by atomic mass is 14.9. The quantitative estimate of drug-likeness (QED) is 0.573. The van der Waals surface area contributed by atoms with E-state index < -0.39 is 0 Å². The maximum Gasteiger partial charge on any atom is -0.00205 e. The molecule has 0 saturated heterocycles. The van der Waals surface area contributed by atoms with Gasteiger partial charge in [0.2, 0.25) is 0 Å². The van der Waals surface area contributed by atoms with Gasteiger partial charge in [-0.2, -0.15) is 0 Å². The predicted molar refractivity (Wildman–Crippen MR) is 91.4 cm³/mol. The van der Waals surface area contributed by atoms with Crippen LogP contribution in [0.5, 0.6) is 0 Å². The van der Waals surface area contributed by atoms with Crippen molar-refractivity contribution in [1.29, 1.82) is 0 Å². The SMILES string of the molecule is NCC1CCC(CNCCCNCC2CCCCC2)CC1. The van der Waals surface area contributed by atoms with Crippen LogP contribution < -0.4 is 16.4 Å². The number of rotatable bonds is 9. The molecular formula is C18H37N3. The van der Waals surface area contributed by atoms with E-state index in [2.05, 4.69) is 10.6 Å². The van der Waals surface area contributed by atoms with Gasteiger partial charge in [0.05, 0.1) is 0 Å². The fourth-order valence-electron chi connectivity index (χ4n) is 4.01. The Morgan fingerprint density at radius 1 is 0.667 bits per heavy atom. The Morgan fingerprint density at radius 3 is 1.76 bits per heavy atom. The summed E-state index contributed by atoms with van der Waals surface area (Å²) in [6.07, 6.45) is 14.0. The summed E-state index contributed by atoms with van der Waals surface area (Å²) in [5.41, 5.74) is 5.75. The minimum atomic E-state index is 0.810. The zero-order valence-corrected chi connectivity index (χ0v) is 13.9. The minimum absolute atomic E-state index is 0.810. The van der Waals surface area contributed by atoms with Crippen LogP contribution in [0.4, 0.5) is 0 Å². The van der Waals surface area contributed by atoms with Crippen molar-refractivity contribution in [3.05, 3.63) is 0 Å². The molecule has 0 radical (unpaired) electrons. The number of nitrogens with one attached hydrogen (secondary N) is 2. The van der Waals surface area contributed by atoms with Gasteiger partial charge in [-0.3, -0.25) is 0 Å². The molecule has 0 aromatic heterocycles. The Morgan fingerprint density at radius 2 is 1.19 bits per heavy atom. The van der Waals surface area contributed by atoms with Gasteiger partial charge in [-0.15, -0.1) is 0 Å². The Balaban J connectivity index is 1.37. The lowest BCUT2D eigenvalue weighted by Crippen LogP contribution is -2.31. The summed E-state index contributed by atoms with van der Waals surface area (Å²) in [4.78, 5) is 0. The molecule has 0 aliphatic heterocycles. The van der Waals surface area contributed by atoms with E-state index in [0.29, 0.717) is 0 Å². The zero-order chi connectivity index (χ0) is 14.8. The molecule has 4 N–H and O–H groups in total. The van der Waals surface area contributed by atoms with Crippen molar-refractivity contribution in [2.75, 3.05) is 32.7 Å². The molecule has 2 aliphatic carbocycles. The van der Waals surface area contributed by atoms with Gasteiger partial charge in [0.1, 0.15) is 0 Å². The molecular weight excluding hydrogens is 258 g/mol. The second-order valence-electron chi connectivity index (χ2n) is 7.39. The molecule has 0 heterocycles. The van der Waals surface area contributed by atoms with Gasteiger partial charge in [0, 0.05) is 0 Å². The van der Waals surface area contributed by atoms with Crippen LogP contribution in [0.3, 0.4) is 0 Å². The maximum absolute atomic E-state index is 5.75. The number of nitrogens with two attached hydrogens (primary N) is 1.